The van der Waals surface area contributed by atoms with Gasteiger partial charge in [-0.3, -0.25) is 0 Å². The summed E-state index contributed by atoms with van der Waals surface area (Å²) in [6.07, 6.45) is 0. The molecule has 1 aromatic rings. The number of hydrogen-bond acceptors (Lipinski definition) is 4. The van der Waals surface area contributed by atoms with Gasteiger partial charge in [0.15, 0.2) is 0 Å². The molecule has 0 radical (unpaired) electrons. The summed E-state index contributed by atoms with van der Waals surface area (Å²) in [6, 6.07) is 4.97. The highest BCUT2D eigenvalue weighted by molar-refractivity contribution is 9.10. The lowest BCUT2D eigenvalue weighted by molar-refractivity contribution is 0.0599. The monoisotopic (exact) mass is 271 g/mol. The molecule has 0 unspecified atom stereocenters. The van der Waals surface area contributed by atoms with Crippen LogP contribution in [-0.4, -0.2) is 13.1 Å². The average molecular weight is 272 g/mol. The molecule has 0 aromatic heterocycles. The Morgan fingerprint density at radius 1 is 1.64 bits per heavy atom. The molecule has 0 aliphatic carbocycles. The number of rotatable bonds is 1. The molecule has 1 aromatic carbocycles. The van der Waals surface area contributed by atoms with E-state index >= 15 is 0 Å². The fourth-order valence-electron chi connectivity index (χ4n) is 0.919. The fraction of sp³-hybridized carbons (Fsp3) is 0.111. The summed E-state index contributed by atoms with van der Waals surface area (Å²) in [7, 11) is 1.29. The minimum absolute atomic E-state index is 0.321. The van der Waals surface area contributed by atoms with Crippen molar-refractivity contribution < 1.29 is 9.53 Å². The first-order chi connectivity index (χ1) is 6.60. The van der Waals surface area contributed by atoms with Gasteiger partial charge in [0.2, 0.25) is 0 Å². The van der Waals surface area contributed by atoms with Crippen molar-refractivity contribution in [2.75, 3.05) is 7.11 Å². The van der Waals surface area contributed by atoms with Gasteiger partial charge >= 0.3 is 5.97 Å². The molecule has 1 rings (SSSR count). The van der Waals surface area contributed by atoms with E-state index < -0.39 is 5.97 Å². The molecule has 0 saturated heterocycles. The van der Waals surface area contributed by atoms with Crippen molar-refractivity contribution in [1.82, 2.24) is 0 Å². The van der Waals surface area contributed by atoms with Gasteiger partial charge < -0.3 is 4.74 Å². The van der Waals surface area contributed by atoms with E-state index in [9.17, 15) is 4.79 Å². The standard InChI is InChI=1S/C9H6BrNO2S/c1-13-9(12)6-2-5(4-11)8(14)3-7(6)10/h2-3,14H,1H3. The molecule has 0 spiro atoms. The molecule has 72 valence electrons. The predicted molar refractivity (Wildman–Crippen MR) is 57.4 cm³/mol. The van der Waals surface area contributed by atoms with Gasteiger partial charge in [-0.2, -0.15) is 5.26 Å². The minimum atomic E-state index is -0.485. The summed E-state index contributed by atoms with van der Waals surface area (Å²) in [6.45, 7) is 0. The van der Waals surface area contributed by atoms with Crippen molar-refractivity contribution in [2.24, 2.45) is 0 Å². The van der Waals surface area contributed by atoms with Crippen LogP contribution in [0.2, 0.25) is 0 Å². The third-order valence-corrected chi connectivity index (χ3v) is 2.64. The molecule has 0 aliphatic rings. The lowest BCUT2D eigenvalue weighted by Crippen LogP contribution is -2.03. The van der Waals surface area contributed by atoms with Crippen molar-refractivity contribution in [1.29, 1.82) is 5.26 Å². The van der Waals surface area contributed by atoms with E-state index in [1.54, 1.807) is 6.07 Å². The maximum absolute atomic E-state index is 11.2. The maximum atomic E-state index is 11.2. The number of carbonyl (C=O) groups is 1. The molecular formula is C9H6BrNO2S. The SMILES string of the molecule is COC(=O)c1cc(C#N)c(S)cc1Br. The van der Waals surface area contributed by atoms with Crippen molar-refractivity contribution in [3.63, 3.8) is 0 Å². The number of thiol groups is 1. The second-order valence-corrected chi connectivity index (χ2v) is 3.79. The largest absolute Gasteiger partial charge is 0.465 e. The van der Waals surface area contributed by atoms with Crippen LogP contribution in [0.5, 0.6) is 0 Å². The highest BCUT2D eigenvalue weighted by Gasteiger charge is 2.13. The van der Waals surface area contributed by atoms with Crippen LogP contribution in [0, 0.1) is 11.3 Å². The van der Waals surface area contributed by atoms with Crippen LogP contribution < -0.4 is 0 Å². The van der Waals surface area contributed by atoms with E-state index in [1.165, 1.54) is 13.2 Å². The van der Waals surface area contributed by atoms with E-state index in [0.29, 0.717) is 20.5 Å². The van der Waals surface area contributed by atoms with E-state index in [-0.39, 0.29) is 0 Å². The Kier molecular flexibility index (Phi) is 3.55. The first-order valence-corrected chi connectivity index (χ1v) is 4.85. The first-order valence-electron chi connectivity index (χ1n) is 3.61. The van der Waals surface area contributed by atoms with E-state index in [1.807, 2.05) is 6.07 Å². The van der Waals surface area contributed by atoms with Gasteiger partial charge in [0, 0.05) is 9.37 Å². The molecule has 0 saturated carbocycles. The number of halogens is 1. The molecule has 3 nitrogen and oxygen atoms in total. The Balaban J connectivity index is 3.33. The lowest BCUT2D eigenvalue weighted by Gasteiger charge is -2.04. The highest BCUT2D eigenvalue weighted by atomic mass is 79.9. The summed E-state index contributed by atoms with van der Waals surface area (Å²) in [5.74, 6) is -0.485. The molecule has 0 atom stereocenters. The normalized spacial score (nSPS) is 9.29. The Morgan fingerprint density at radius 3 is 2.79 bits per heavy atom. The molecule has 0 fully saturated rings. The molecule has 0 heterocycles. The van der Waals surface area contributed by atoms with Gasteiger partial charge in [-0.15, -0.1) is 12.6 Å². The molecule has 5 heteroatoms. The van der Waals surface area contributed by atoms with Crippen molar-refractivity contribution >= 4 is 34.5 Å². The predicted octanol–water partition coefficient (Wildman–Crippen LogP) is 2.40. The third-order valence-electron chi connectivity index (χ3n) is 1.61. The van der Waals surface area contributed by atoms with Crippen molar-refractivity contribution in [2.45, 2.75) is 4.90 Å². The number of carbonyl (C=O) groups excluding carboxylic acids is 1. The van der Waals surface area contributed by atoms with Crippen molar-refractivity contribution in [3.8, 4) is 6.07 Å². The summed E-state index contributed by atoms with van der Waals surface area (Å²) < 4.78 is 5.12. The molecule has 0 bridgehead atoms. The zero-order valence-electron chi connectivity index (χ0n) is 7.24. The number of ether oxygens (including phenoxy) is 1. The van der Waals surface area contributed by atoms with E-state index in [2.05, 4.69) is 33.3 Å². The third kappa shape index (κ3) is 2.08. The highest BCUT2D eigenvalue weighted by Crippen LogP contribution is 2.24. The number of methoxy groups -OCH3 is 1. The van der Waals surface area contributed by atoms with Crippen molar-refractivity contribution in [3.05, 3.63) is 27.7 Å². The van der Waals surface area contributed by atoms with Gasteiger partial charge in [-0.05, 0) is 28.1 Å². The van der Waals surface area contributed by atoms with Gasteiger partial charge in [-0.25, -0.2) is 4.79 Å². The molecule has 0 amide bonds. The summed E-state index contributed by atoms with van der Waals surface area (Å²) in [5, 5.41) is 8.72. The fourth-order valence-corrected chi connectivity index (χ4v) is 1.84. The number of nitrogens with zero attached hydrogens (tertiary/aromatic N) is 1. The Hall–Kier alpha value is -0.990. The summed E-state index contributed by atoms with van der Waals surface area (Å²) in [5.41, 5.74) is 0.666. The second-order valence-electron chi connectivity index (χ2n) is 2.45. The zero-order chi connectivity index (χ0) is 10.7. The summed E-state index contributed by atoms with van der Waals surface area (Å²) >= 11 is 7.28. The number of esters is 1. The maximum Gasteiger partial charge on any atom is 0.339 e. The molecule has 0 aliphatic heterocycles. The second kappa shape index (κ2) is 4.49. The number of hydrogen-bond donors (Lipinski definition) is 1. The average Bonchev–Trinajstić information content (AvgIpc) is 2.17. The first kappa shape index (κ1) is 11.1. The van der Waals surface area contributed by atoms with Gasteiger partial charge in [0.1, 0.15) is 6.07 Å². The van der Waals surface area contributed by atoms with Crippen LogP contribution in [-0.2, 0) is 4.74 Å². The number of benzene rings is 1. The molecule has 0 N–H and O–H groups in total. The van der Waals surface area contributed by atoms with E-state index in [4.69, 9.17) is 5.26 Å². The Bertz CT molecular complexity index is 426. The van der Waals surface area contributed by atoms with Crippen LogP contribution in [0.25, 0.3) is 0 Å². The quantitative estimate of drug-likeness (QED) is 0.630. The van der Waals surface area contributed by atoms with Crippen LogP contribution in [0.1, 0.15) is 15.9 Å². The lowest BCUT2D eigenvalue weighted by atomic mass is 10.1. The van der Waals surface area contributed by atoms with Gasteiger partial charge in [0.05, 0.1) is 18.2 Å². The van der Waals surface area contributed by atoms with Gasteiger partial charge in [0.25, 0.3) is 0 Å². The minimum Gasteiger partial charge on any atom is -0.465 e. The van der Waals surface area contributed by atoms with Crippen LogP contribution in [0.15, 0.2) is 21.5 Å². The smallest absolute Gasteiger partial charge is 0.339 e. The van der Waals surface area contributed by atoms with E-state index in [0.717, 1.165) is 0 Å². The molecular weight excluding hydrogens is 266 g/mol. The van der Waals surface area contributed by atoms with Gasteiger partial charge in [-0.1, -0.05) is 0 Å². The van der Waals surface area contributed by atoms with Crippen LogP contribution in [0.4, 0.5) is 0 Å². The zero-order valence-corrected chi connectivity index (χ0v) is 9.72. The Morgan fingerprint density at radius 2 is 2.29 bits per heavy atom. The summed E-state index contributed by atoms with van der Waals surface area (Å²) in [4.78, 5) is 11.7. The topological polar surface area (TPSA) is 50.1 Å². The van der Waals surface area contributed by atoms with Crippen LogP contribution in [0.3, 0.4) is 0 Å². The number of nitriles is 1. The molecule has 14 heavy (non-hydrogen) atoms. The Labute approximate surface area is 95.2 Å². The van der Waals surface area contributed by atoms with Crippen LogP contribution >= 0.6 is 28.6 Å².